The van der Waals surface area contributed by atoms with Crippen molar-refractivity contribution in [2.45, 2.75) is 44.8 Å². The van der Waals surface area contributed by atoms with Crippen LogP contribution in [0.15, 0.2) is 33.7 Å². The summed E-state index contributed by atoms with van der Waals surface area (Å²) in [4.78, 5) is 17.8. The van der Waals surface area contributed by atoms with Gasteiger partial charge in [0, 0.05) is 43.9 Å². The SMILES string of the molecule is Cc1ccc2occ(CN3C[C@H]4CCCN4C[C@@H]3CCO)c(=O)c2c1. The van der Waals surface area contributed by atoms with Gasteiger partial charge in [-0.2, -0.15) is 0 Å². The summed E-state index contributed by atoms with van der Waals surface area (Å²) in [7, 11) is 0. The zero-order chi connectivity index (χ0) is 17.4. The average molecular weight is 342 g/mol. The van der Waals surface area contributed by atoms with Gasteiger partial charge in [0.2, 0.25) is 0 Å². The highest BCUT2D eigenvalue weighted by Crippen LogP contribution is 2.27. The highest BCUT2D eigenvalue weighted by atomic mass is 16.3. The molecule has 1 aromatic heterocycles. The third-order valence-corrected chi connectivity index (χ3v) is 5.74. The lowest BCUT2D eigenvalue weighted by Gasteiger charge is -2.43. The van der Waals surface area contributed by atoms with Crippen molar-refractivity contribution in [3.8, 4) is 0 Å². The summed E-state index contributed by atoms with van der Waals surface area (Å²) in [5.41, 5.74) is 2.50. The van der Waals surface area contributed by atoms with Crippen LogP contribution in [0.25, 0.3) is 11.0 Å². The molecule has 0 aliphatic carbocycles. The Morgan fingerprint density at radius 2 is 2.20 bits per heavy atom. The number of hydrogen-bond donors (Lipinski definition) is 1. The highest BCUT2D eigenvalue weighted by molar-refractivity contribution is 5.77. The van der Waals surface area contributed by atoms with E-state index in [2.05, 4.69) is 9.80 Å². The zero-order valence-corrected chi connectivity index (χ0v) is 14.8. The minimum Gasteiger partial charge on any atom is -0.464 e. The maximum atomic E-state index is 12.9. The minimum atomic E-state index is 0.0709. The number of fused-ring (bicyclic) bond motifs is 2. The Bertz CT molecular complexity index is 816. The molecule has 4 rings (SSSR count). The molecule has 2 fully saturated rings. The van der Waals surface area contributed by atoms with Crippen molar-refractivity contribution in [2.24, 2.45) is 0 Å². The van der Waals surface area contributed by atoms with Crippen LogP contribution in [0.1, 0.15) is 30.4 Å². The first kappa shape index (κ1) is 16.8. The molecule has 0 unspecified atom stereocenters. The minimum absolute atomic E-state index is 0.0709. The van der Waals surface area contributed by atoms with Crippen LogP contribution < -0.4 is 5.43 Å². The number of piperazine rings is 1. The van der Waals surface area contributed by atoms with Crippen molar-refractivity contribution >= 4 is 11.0 Å². The van der Waals surface area contributed by atoms with E-state index in [1.54, 1.807) is 6.26 Å². The van der Waals surface area contributed by atoms with E-state index in [0.717, 1.165) is 31.6 Å². The molecule has 0 radical (unpaired) electrons. The van der Waals surface area contributed by atoms with E-state index in [-0.39, 0.29) is 12.0 Å². The number of aliphatic hydroxyl groups is 1. The van der Waals surface area contributed by atoms with Gasteiger partial charge in [0.25, 0.3) is 0 Å². The summed E-state index contributed by atoms with van der Waals surface area (Å²) in [6.45, 7) is 5.89. The van der Waals surface area contributed by atoms with E-state index in [4.69, 9.17) is 4.42 Å². The van der Waals surface area contributed by atoms with Crippen LogP contribution in [-0.4, -0.2) is 53.2 Å². The Morgan fingerprint density at radius 3 is 3.04 bits per heavy atom. The standard InChI is InChI=1S/C20H26N2O3/c1-14-4-5-19-18(9-14)20(24)15(13-25-19)10-22-12-16-3-2-7-21(16)11-17(22)6-8-23/h4-5,9,13,16-17,23H,2-3,6-8,10-12H2,1H3/t16-,17+/m1/s1. The van der Waals surface area contributed by atoms with E-state index >= 15 is 0 Å². The van der Waals surface area contributed by atoms with Crippen molar-refractivity contribution in [3.63, 3.8) is 0 Å². The number of hydrogen-bond acceptors (Lipinski definition) is 5. The van der Waals surface area contributed by atoms with Gasteiger partial charge in [-0.1, -0.05) is 11.6 Å². The molecular weight excluding hydrogens is 316 g/mol. The number of aliphatic hydroxyl groups excluding tert-OH is 1. The molecule has 0 bridgehead atoms. The summed E-state index contributed by atoms with van der Waals surface area (Å²) < 4.78 is 5.72. The summed E-state index contributed by atoms with van der Waals surface area (Å²) in [5.74, 6) is 0. The number of aryl methyl sites for hydroxylation is 1. The summed E-state index contributed by atoms with van der Waals surface area (Å²) in [6, 6.07) is 6.62. The van der Waals surface area contributed by atoms with Crippen LogP contribution in [0, 0.1) is 6.92 Å². The number of rotatable bonds is 4. The lowest BCUT2D eigenvalue weighted by molar-refractivity contribution is 0.0329. The first-order valence-electron chi connectivity index (χ1n) is 9.25. The van der Waals surface area contributed by atoms with Gasteiger partial charge in [-0.05, 0) is 44.9 Å². The fraction of sp³-hybridized carbons (Fsp3) is 0.550. The van der Waals surface area contributed by atoms with Crippen LogP contribution in [0.2, 0.25) is 0 Å². The van der Waals surface area contributed by atoms with E-state index < -0.39 is 0 Å². The first-order valence-corrected chi connectivity index (χ1v) is 9.25. The van der Waals surface area contributed by atoms with Gasteiger partial charge in [-0.3, -0.25) is 14.6 Å². The van der Waals surface area contributed by atoms with Gasteiger partial charge in [0.05, 0.1) is 11.6 Å². The Morgan fingerprint density at radius 1 is 1.32 bits per heavy atom. The monoisotopic (exact) mass is 342 g/mol. The van der Waals surface area contributed by atoms with Crippen LogP contribution in [0.4, 0.5) is 0 Å². The molecule has 1 aromatic carbocycles. The smallest absolute Gasteiger partial charge is 0.197 e. The Hall–Kier alpha value is -1.69. The second-order valence-corrected chi connectivity index (χ2v) is 7.48. The number of nitrogens with zero attached hydrogens (tertiary/aromatic N) is 2. The van der Waals surface area contributed by atoms with Crippen molar-refractivity contribution < 1.29 is 9.52 Å². The van der Waals surface area contributed by atoms with E-state index in [1.807, 2.05) is 25.1 Å². The summed E-state index contributed by atoms with van der Waals surface area (Å²) in [6.07, 6.45) is 4.86. The fourth-order valence-electron chi connectivity index (χ4n) is 4.38. The molecule has 1 N–H and O–H groups in total. The van der Waals surface area contributed by atoms with Gasteiger partial charge in [0.15, 0.2) is 5.43 Å². The molecule has 134 valence electrons. The normalized spacial score (nSPS) is 24.7. The summed E-state index contributed by atoms with van der Waals surface area (Å²) >= 11 is 0. The maximum Gasteiger partial charge on any atom is 0.197 e. The largest absolute Gasteiger partial charge is 0.464 e. The second-order valence-electron chi connectivity index (χ2n) is 7.48. The van der Waals surface area contributed by atoms with Crippen LogP contribution in [0.5, 0.6) is 0 Å². The quantitative estimate of drug-likeness (QED) is 0.922. The molecule has 2 aromatic rings. The molecule has 2 aliphatic heterocycles. The van der Waals surface area contributed by atoms with Crippen molar-refractivity contribution in [1.82, 2.24) is 9.80 Å². The van der Waals surface area contributed by atoms with Crippen LogP contribution >= 0.6 is 0 Å². The molecule has 25 heavy (non-hydrogen) atoms. The fourth-order valence-corrected chi connectivity index (χ4v) is 4.38. The van der Waals surface area contributed by atoms with E-state index in [1.165, 1.54) is 12.8 Å². The average Bonchev–Trinajstić information content (AvgIpc) is 3.05. The van der Waals surface area contributed by atoms with Crippen LogP contribution in [-0.2, 0) is 6.54 Å². The number of benzene rings is 1. The van der Waals surface area contributed by atoms with Crippen molar-refractivity contribution in [3.05, 3.63) is 45.8 Å². The topological polar surface area (TPSA) is 56.9 Å². The second kappa shape index (κ2) is 6.90. The lowest BCUT2D eigenvalue weighted by Crippen LogP contribution is -2.56. The van der Waals surface area contributed by atoms with Crippen LogP contribution in [0.3, 0.4) is 0 Å². The van der Waals surface area contributed by atoms with E-state index in [9.17, 15) is 9.90 Å². The molecule has 5 heteroatoms. The molecule has 0 spiro atoms. The predicted octanol–water partition coefficient (Wildman–Crippen LogP) is 2.13. The van der Waals surface area contributed by atoms with Crippen molar-refractivity contribution in [1.29, 1.82) is 0 Å². The maximum absolute atomic E-state index is 12.9. The molecule has 2 atom stereocenters. The van der Waals surface area contributed by atoms with Gasteiger partial charge in [0.1, 0.15) is 5.58 Å². The van der Waals surface area contributed by atoms with E-state index in [0.29, 0.717) is 35.2 Å². The molecule has 2 saturated heterocycles. The molecular formula is C20H26N2O3. The highest BCUT2D eigenvalue weighted by Gasteiger charge is 2.36. The predicted molar refractivity (Wildman–Crippen MR) is 97.7 cm³/mol. The Balaban J connectivity index is 1.62. The van der Waals surface area contributed by atoms with Gasteiger partial charge >= 0.3 is 0 Å². The third kappa shape index (κ3) is 3.24. The Labute approximate surface area is 147 Å². The molecule has 5 nitrogen and oxygen atoms in total. The molecule has 2 aliphatic rings. The zero-order valence-electron chi connectivity index (χ0n) is 14.8. The van der Waals surface area contributed by atoms with Gasteiger partial charge < -0.3 is 9.52 Å². The molecule has 0 amide bonds. The van der Waals surface area contributed by atoms with Gasteiger partial charge in [-0.15, -0.1) is 0 Å². The lowest BCUT2D eigenvalue weighted by atomic mass is 10.0. The molecule has 0 saturated carbocycles. The van der Waals surface area contributed by atoms with Gasteiger partial charge in [-0.25, -0.2) is 0 Å². The molecule has 3 heterocycles. The first-order chi connectivity index (χ1) is 12.2. The Kier molecular flexibility index (Phi) is 4.63. The third-order valence-electron chi connectivity index (χ3n) is 5.74. The summed E-state index contributed by atoms with van der Waals surface area (Å²) in [5, 5.41) is 10.1. The van der Waals surface area contributed by atoms with Crippen molar-refractivity contribution in [2.75, 3.05) is 26.2 Å².